The van der Waals surface area contributed by atoms with Gasteiger partial charge in [-0.25, -0.2) is 0 Å². The van der Waals surface area contributed by atoms with Crippen LogP contribution in [0.5, 0.6) is 0 Å². The van der Waals surface area contributed by atoms with Crippen LogP contribution in [0.3, 0.4) is 0 Å². The Morgan fingerprint density at radius 3 is 2.83 bits per heavy atom. The van der Waals surface area contributed by atoms with Crippen molar-refractivity contribution in [2.75, 3.05) is 12.4 Å². The molecule has 2 rings (SSSR count). The SMILES string of the molecule is COC1CCCC(Nc2cccc(C(C)C)c2)C1. The van der Waals surface area contributed by atoms with Crippen molar-refractivity contribution in [2.24, 2.45) is 0 Å². The Labute approximate surface area is 111 Å². The third-order valence-electron chi connectivity index (χ3n) is 3.88. The Bertz CT molecular complexity index is 375. The summed E-state index contributed by atoms with van der Waals surface area (Å²) in [5.74, 6) is 0.588. The standard InChI is InChI=1S/C16H25NO/c1-12(2)13-6-4-7-14(10-13)17-15-8-5-9-16(11-15)18-3/h4,6-7,10,12,15-17H,5,8-9,11H2,1-3H3. The third kappa shape index (κ3) is 3.49. The molecule has 1 N–H and O–H groups in total. The molecule has 0 aromatic heterocycles. The molecule has 0 heterocycles. The molecule has 0 aliphatic heterocycles. The molecule has 0 spiro atoms. The van der Waals surface area contributed by atoms with Crippen molar-refractivity contribution >= 4 is 5.69 Å². The van der Waals surface area contributed by atoms with Gasteiger partial charge in [-0.15, -0.1) is 0 Å². The molecule has 1 aromatic rings. The molecular weight excluding hydrogens is 222 g/mol. The minimum atomic E-state index is 0.435. The fraction of sp³-hybridized carbons (Fsp3) is 0.625. The highest BCUT2D eigenvalue weighted by Gasteiger charge is 2.21. The van der Waals surface area contributed by atoms with Crippen molar-refractivity contribution in [3.8, 4) is 0 Å². The second-order valence-electron chi connectivity index (χ2n) is 5.65. The van der Waals surface area contributed by atoms with Gasteiger partial charge in [0.25, 0.3) is 0 Å². The van der Waals surface area contributed by atoms with Gasteiger partial charge < -0.3 is 10.1 Å². The number of ether oxygens (including phenoxy) is 1. The van der Waals surface area contributed by atoms with Crippen LogP contribution in [-0.4, -0.2) is 19.3 Å². The average molecular weight is 247 g/mol. The van der Waals surface area contributed by atoms with Gasteiger partial charge in [-0.2, -0.15) is 0 Å². The van der Waals surface area contributed by atoms with Crippen LogP contribution in [0, 0.1) is 0 Å². The number of hydrogen-bond acceptors (Lipinski definition) is 2. The van der Waals surface area contributed by atoms with Crippen molar-refractivity contribution in [2.45, 2.75) is 57.6 Å². The number of nitrogens with one attached hydrogen (secondary N) is 1. The van der Waals surface area contributed by atoms with Gasteiger partial charge in [-0.05, 0) is 49.3 Å². The van der Waals surface area contributed by atoms with Crippen LogP contribution < -0.4 is 5.32 Å². The maximum absolute atomic E-state index is 5.48. The lowest BCUT2D eigenvalue weighted by atomic mass is 9.92. The molecule has 1 aliphatic rings. The molecule has 0 radical (unpaired) electrons. The Morgan fingerprint density at radius 1 is 1.28 bits per heavy atom. The van der Waals surface area contributed by atoms with E-state index in [2.05, 4.69) is 43.4 Å². The molecule has 2 unspecified atom stereocenters. The highest BCUT2D eigenvalue weighted by Crippen LogP contribution is 2.25. The van der Waals surface area contributed by atoms with E-state index in [0.29, 0.717) is 18.1 Å². The first-order valence-electron chi connectivity index (χ1n) is 7.08. The van der Waals surface area contributed by atoms with E-state index >= 15 is 0 Å². The molecule has 1 saturated carbocycles. The summed E-state index contributed by atoms with van der Waals surface area (Å²) >= 11 is 0. The molecule has 1 aromatic carbocycles. The summed E-state index contributed by atoms with van der Waals surface area (Å²) in [6, 6.07) is 9.36. The summed E-state index contributed by atoms with van der Waals surface area (Å²) < 4.78 is 5.48. The van der Waals surface area contributed by atoms with E-state index in [0.717, 1.165) is 6.42 Å². The zero-order valence-corrected chi connectivity index (χ0v) is 11.8. The normalized spacial score (nSPS) is 24.2. The Morgan fingerprint density at radius 2 is 2.11 bits per heavy atom. The van der Waals surface area contributed by atoms with E-state index in [1.165, 1.54) is 30.5 Å². The Kier molecular flexibility index (Phi) is 4.65. The van der Waals surface area contributed by atoms with Crippen molar-refractivity contribution in [1.29, 1.82) is 0 Å². The molecule has 0 bridgehead atoms. The second kappa shape index (κ2) is 6.24. The highest BCUT2D eigenvalue weighted by molar-refractivity contribution is 5.47. The number of rotatable bonds is 4. The predicted octanol–water partition coefficient (Wildman–Crippen LogP) is 4.18. The minimum Gasteiger partial charge on any atom is -0.382 e. The molecular formula is C16H25NO. The number of methoxy groups -OCH3 is 1. The molecule has 1 fully saturated rings. The van der Waals surface area contributed by atoms with Crippen LogP contribution in [0.4, 0.5) is 5.69 Å². The van der Waals surface area contributed by atoms with E-state index in [1.807, 2.05) is 7.11 Å². The lowest BCUT2D eigenvalue weighted by Gasteiger charge is -2.29. The van der Waals surface area contributed by atoms with Crippen LogP contribution in [0.2, 0.25) is 0 Å². The van der Waals surface area contributed by atoms with Gasteiger partial charge >= 0.3 is 0 Å². The maximum Gasteiger partial charge on any atom is 0.0590 e. The van der Waals surface area contributed by atoms with E-state index in [1.54, 1.807) is 0 Å². The van der Waals surface area contributed by atoms with Crippen LogP contribution in [0.25, 0.3) is 0 Å². The van der Waals surface area contributed by atoms with Crippen LogP contribution in [0.1, 0.15) is 51.0 Å². The van der Waals surface area contributed by atoms with Crippen molar-refractivity contribution in [3.05, 3.63) is 29.8 Å². The number of hydrogen-bond donors (Lipinski definition) is 1. The summed E-state index contributed by atoms with van der Waals surface area (Å²) in [4.78, 5) is 0. The Hall–Kier alpha value is -1.02. The molecule has 100 valence electrons. The van der Waals surface area contributed by atoms with Gasteiger partial charge in [0.15, 0.2) is 0 Å². The van der Waals surface area contributed by atoms with Gasteiger partial charge in [0.2, 0.25) is 0 Å². The first-order chi connectivity index (χ1) is 8.69. The quantitative estimate of drug-likeness (QED) is 0.861. The van der Waals surface area contributed by atoms with E-state index in [4.69, 9.17) is 4.74 Å². The third-order valence-corrected chi connectivity index (χ3v) is 3.88. The fourth-order valence-corrected chi connectivity index (χ4v) is 2.71. The highest BCUT2D eigenvalue weighted by atomic mass is 16.5. The number of anilines is 1. The lowest BCUT2D eigenvalue weighted by molar-refractivity contribution is 0.0669. The molecule has 1 aliphatic carbocycles. The zero-order valence-electron chi connectivity index (χ0n) is 11.8. The topological polar surface area (TPSA) is 21.3 Å². The molecule has 0 saturated heterocycles. The first kappa shape index (κ1) is 13.4. The smallest absolute Gasteiger partial charge is 0.0590 e. The lowest BCUT2D eigenvalue weighted by Crippen LogP contribution is -2.31. The fourth-order valence-electron chi connectivity index (χ4n) is 2.71. The summed E-state index contributed by atoms with van der Waals surface area (Å²) in [5, 5.41) is 3.66. The van der Waals surface area contributed by atoms with Gasteiger partial charge in [0.05, 0.1) is 6.10 Å². The molecule has 0 amide bonds. The molecule has 18 heavy (non-hydrogen) atoms. The summed E-state index contributed by atoms with van der Waals surface area (Å²) in [6.45, 7) is 4.47. The number of benzene rings is 1. The van der Waals surface area contributed by atoms with Gasteiger partial charge in [-0.3, -0.25) is 0 Å². The van der Waals surface area contributed by atoms with E-state index < -0.39 is 0 Å². The molecule has 2 heteroatoms. The first-order valence-corrected chi connectivity index (χ1v) is 7.08. The minimum absolute atomic E-state index is 0.435. The van der Waals surface area contributed by atoms with Gasteiger partial charge in [0.1, 0.15) is 0 Å². The van der Waals surface area contributed by atoms with Gasteiger partial charge in [-0.1, -0.05) is 26.0 Å². The molecule has 2 atom stereocenters. The Balaban J connectivity index is 1.98. The van der Waals surface area contributed by atoms with Crippen LogP contribution >= 0.6 is 0 Å². The predicted molar refractivity (Wildman–Crippen MR) is 77.2 cm³/mol. The monoisotopic (exact) mass is 247 g/mol. The van der Waals surface area contributed by atoms with Crippen molar-refractivity contribution in [1.82, 2.24) is 0 Å². The van der Waals surface area contributed by atoms with E-state index in [-0.39, 0.29) is 0 Å². The summed E-state index contributed by atoms with van der Waals surface area (Å²) in [7, 11) is 1.83. The zero-order chi connectivity index (χ0) is 13.0. The maximum atomic E-state index is 5.48. The average Bonchev–Trinajstić information content (AvgIpc) is 2.39. The van der Waals surface area contributed by atoms with E-state index in [9.17, 15) is 0 Å². The van der Waals surface area contributed by atoms with Crippen LogP contribution in [-0.2, 0) is 4.74 Å². The van der Waals surface area contributed by atoms with Crippen molar-refractivity contribution in [3.63, 3.8) is 0 Å². The second-order valence-corrected chi connectivity index (χ2v) is 5.65. The van der Waals surface area contributed by atoms with Gasteiger partial charge in [0, 0.05) is 18.8 Å². The summed E-state index contributed by atoms with van der Waals surface area (Å²) in [5.41, 5.74) is 2.65. The summed E-state index contributed by atoms with van der Waals surface area (Å²) in [6.07, 6.45) is 5.29. The largest absolute Gasteiger partial charge is 0.382 e. The molecule has 2 nitrogen and oxygen atoms in total. The van der Waals surface area contributed by atoms with Crippen LogP contribution in [0.15, 0.2) is 24.3 Å². The van der Waals surface area contributed by atoms with Crippen molar-refractivity contribution < 1.29 is 4.74 Å².